The van der Waals surface area contributed by atoms with Crippen LogP contribution in [0.3, 0.4) is 0 Å². The van der Waals surface area contributed by atoms with Crippen molar-refractivity contribution in [3.8, 4) is 0 Å². The van der Waals surface area contributed by atoms with Crippen molar-refractivity contribution in [2.45, 2.75) is 25.8 Å². The fraction of sp³-hybridized carbons (Fsp3) is 0.696. The fourth-order valence-corrected chi connectivity index (χ4v) is 10.6. The van der Waals surface area contributed by atoms with Gasteiger partial charge in [-0.2, -0.15) is 0 Å². The number of hydrogen-bond donors (Lipinski definition) is 2. The number of carbonyl (C=O) groups excluding carboxylic acids is 1. The highest BCUT2D eigenvalue weighted by Gasteiger charge is 2.50. The standard InChI is InChI=1S/C46H77NO17Si/c1-46(2,3)65(42-10-6-4-7-11-42,43-12-8-5-9-13-43)64-39-38-62-37-36-61-35-34-60-33-32-59-31-30-58-29-28-57-27-26-56-25-24-55-23-22-54-21-20-53-19-18-52-17-16-51-15-14-47-44(48)40-63-41-45(49)50/h4-13H,14-41H2,1-3H3,(H,47,48)(H,49,50). The van der Waals surface area contributed by atoms with E-state index in [0.717, 1.165) is 0 Å². The van der Waals surface area contributed by atoms with Crippen molar-refractivity contribution >= 4 is 30.6 Å². The van der Waals surface area contributed by atoms with Crippen molar-refractivity contribution < 1.29 is 80.7 Å². The van der Waals surface area contributed by atoms with Crippen LogP contribution in [0, 0.1) is 0 Å². The number of carboxylic acids is 1. The van der Waals surface area contributed by atoms with Gasteiger partial charge in [0.05, 0.1) is 165 Å². The molecule has 65 heavy (non-hydrogen) atoms. The van der Waals surface area contributed by atoms with Crippen LogP contribution in [0.25, 0.3) is 0 Å². The van der Waals surface area contributed by atoms with Gasteiger partial charge in [-0.3, -0.25) is 4.79 Å². The van der Waals surface area contributed by atoms with Gasteiger partial charge >= 0.3 is 5.97 Å². The molecule has 0 saturated heterocycles. The number of carbonyl (C=O) groups is 2. The summed E-state index contributed by atoms with van der Waals surface area (Å²) in [5, 5.41) is 13.5. The molecule has 0 aliphatic rings. The maximum atomic E-state index is 11.4. The Labute approximate surface area is 387 Å². The molecule has 0 heterocycles. The molecule has 19 heteroatoms. The highest BCUT2D eigenvalue weighted by Crippen LogP contribution is 2.36. The first-order valence-corrected chi connectivity index (χ1v) is 24.4. The minimum Gasteiger partial charge on any atom is -0.480 e. The van der Waals surface area contributed by atoms with Gasteiger partial charge in [-0.15, -0.1) is 0 Å². The third-order valence-electron chi connectivity index (χ3n) is 9.08. The number of carboxylic acid groups (broad SMARTS) is 1. The van der Waals surface area contributed by atoms with E-state index in [2.05, 4.69) is 79.4 Å². The average Bonchev–Trinajstić information content (AvgIpc) is 3.29. The van der Waals surface area contributed by atoms with E-state index in [9.17, 15) is 9.59 Å². The second kappa shape index (κ2) is 40.1. The summed E-state index contributed by atoms with van der Waals surface area (Å²) in [6.45, 7) is 17.9. The molecule has 1 amide bonds. The quantitative estimate of drug-likeness (QED) is 0.0722. The second-order valence-electron chi connectivity index (χ2n) is 15.1. The Morgan fingerprint density at radius 2 is 0.692 bits per heavy atom. The van der Waals surface area contributed by atoms with E-state index in [1.165, 1.54) is 10.4 Å². The van der Waals surface area contributed by atoms with E-state index in [-0.39, 0.29) is 11.6 Å². The van der Waals surface area contributed by atoms with E-state index < -0.39 is 26.8 Å². The number of ether oxygens (including phenoxy) is 13. The van der Waals surface area contributed by atoms with Crippen LogP contribution in [0.4, 0.5) is 0 Å². The van der Waals surface area contributed by atoms with Crippen LogP contribution in [0.15, 0.2) is 60.7 Å². The Hall–Kier alpha value is -2.96. The molecule has 0 unspecified atom stereocenters. The summed E-state index contributed by atoms with van der Waals surface area (Å²) in [4.78, 5) is 21.7. The second-order valence-corrected chi connectivity index (χ2v) is 19.4. The predicted octanol–water partition coefficient (Wildman–Crippen LogP) is 1.98. The first-order valence-electron chi connectivity index (χ1n) is 22.5. The largest absolute Gasteiger partial charge is 0.480 e. The lowest BCUT2D eigenvalue weighted by Crippen LogP contribution is -2.66. The minimum absolute atomic E-state index is 0.0672. The van der Waals surface area contributed by atoms with E-state index >= 15 is 0 Å². The maximum Gasteiger partial charge on any atom is 0.329 e. The van der Waals surface area contributed by atoms with Crippen molar-refractivity contribution in [1.82, 2.24) is 5.32 Å². The van der Waals surface area contributed by atoms with Crippen molar-refractivity contribution in [3.63, 3.8) is 0 Å². The highest BCUT2D eigenvalue weighted by atomic mass is 28.4. The molecule has 0 atom stereocenters. The molecular formula is C46H77NO17Si. The first kappa shape index (κ1) is 58.2. The van der Waals surface area contributed by atoms with E-state index in [1.54, 1.807) is 0 Å². The van der Waals surface area contributed by atoms with Crippen LogP contribution >= 0.6 is 0 Å². The average molecular weight is 944 g/mol. The van der Waals surface area contributed by atoms with Gasteiger partial charge in [-0.05, 0) is 15.4 Å². The Kier molecular flexibility index (Phi) is 35.9. The van der Waals surface area contributed by atoms with E-state index in [0.29, 0.717) is 172 Å². The number of nitrogens with one attached hydrogen (secondary N) is 1. The summed E-state index contributed by atoms with van der Waals surface area (Å²) < 4.78 is 77.9. The van der Waals surface area contributed by atoms with Gasteiger partial charge in [0.2, 0.25) is 5.91 Å². The summed E-state index contributed by atoms with van der Waals surface area (Å²) in [5.74, 6) is -1.53. The number of benzene rings is 2. The SMILES string of the molecule is CC(C)(C)[Si](OCCOCCOCCOCCOCCOCCOCCOCCOCCOCCOCCOCCOCCNC(=O)COCC(=O)O)(c1ccccc1)c1ccccc1. The Morgan fingerprint density at radius 1 is 0.415 bits per heavy atom. The molecule has 18 nitrogen and oxygen atoms in total. The Bertz CT molecular complexity index is 1350. The van der Waals surface area contributed by atoms with E-state index in [1.807, 2.05) is 12.1 Å². The number of rotatable bonds is 46. The van der Waals surface area contributed by atoms with Crippen molar-refractivity contribution in [2.75, 3.05) is 185 Å². The normalized spacial score (nSPS) is 11.9. The van der Waals surface area contributed by atoms with Crippen LogP contribution < -0.4 is 15.7 Å². The molecule has 2 aromatic carbocycles. The van der Waals surface area contributed by atoms with E-state index in [4.69, 9.17) is 66.4 Å². The summed E-state index contributed by atoms with van der Waals surface area (Å²) in [6, 6.07) is 21.2. The van der Waals surface area contributed by atoms with Crippen molar-refractivity contribution in [1.29, 1.82) is 0 Å². The lowest BCUT2D eigenvalue weighted by atomic mass is 10.2. The molecular weight excluding hydrogens is 867 g/mol. The fourth-order valence-electron chi connectivity index (χ4n) is 6.08. The zero-order valence-electron chi connectivity index (χ0n) is 39.1. The molecule has 0 saturated carbocycles. The summed E-state index contributed by atoms with van der Waals surface area (Å²) in [7, 11) is -2.55. The first-order chi connectivity index (χ1) is 31.8. The monoisotopic (exact) mass is 943 g/mol. The number of hydrogen-bond acceptors (Lipinski definition) is 16. The molecule has 2 rings (SSSR count). The number of aliphatic carboxylic acids is 1. The molecule has 0 spiro atoms. The molecule has 2 N–H and O–H groups in total. The van der Waals surface area contributed by atoms with Crippen LogP contribution in [-0.4, -0.2) is 210 Å². The molecule has 372 valence electrons. The van der Waals surface area contributed by atoms with Crippen molar-refractivity contribution in [3.05, 3.63) is 60.7 Å². The summed E-state index contributed by atoms with van der Waals surface area (Å²) in [5.41, 5.74) is 0. The molecule has 0 fully saturated rings. The van der Waals surface area contributed by atoms with Gasteiger partial charge in [-0.25, -0.2) is 4.79 Å². The lowest BCUT2D eigenvalue weighted by Gasteiger charge is -2.43. The number of amides is 1. The summed E-state index contributed by atoms with van der Waals surface area (Å²) >= 11 is 0. The summed E-state index contributed by atoms with van der Waals surface area (Å²) in [6.07, 6.45) is 0. The maximum absolute atomic E-state index is 11.4. The van der Waals surface area contributed by atoms with Crippen LogP contribution in [0.2, 0.25) is 5.04 Å². The Morgan fingerprint density at radius 3 is 0.969 bits per heavy atom. The lowest BCUT2D eigenvalue weighted by molar-refractivity contribution is -0.143. The molecule has 0 radical (unpaired) electrons. The Balaban J connectivity index is 1.23. The molecule has 2 aromatic rings. The van der Waals surface area contributed by atoms with Crippen LogP contribution in [0.5, 0.6) is 0 Å². The molecule has 0 aliphatic carbocycles. The van der Waals surface area contributed by atoms with Gasteiger partial charge in [0, 0.05) is 6.54 Å². The van der Waals surface area contributed by atoms with Gasteiger partial charge < -0.3 is 76.4 Å². The zero-order chi connectivity index (χ0) is 46.8. The zero-order valence-corrected chi connectivity index (χ0v) is 40.1. The highest BCUT2D eigenvalue weighted by molar-refractivity contribution is 6.99. The minimum atomic E-state index is -2.55. The topological polar surface area (TPSA) is 196 Å². The molecule has 0 aromatic heterocycles. The smallest absolute Gasteiger partial charge is 0.329 e. The van der Waals surface area contributed by atoms with Gasteiger partial charge in [0.15, 0.2) is 0 Å². The van der Waals surface area contributed by atoms with Crippen LogP contribution in [-0.2, 0) is 75.6 Å². The third kappa shape index (κ3) is 30.1. The molecule has 0 bridgehead atoms. The predicted molar refractivity (Wildman–Crippen MR) is 245 cm³/mol. The van der Waals surface area contributed by atoms with Gasteiger partial charge in [0.1, 0.15) is 13.2 Å². The van der Waals surface area contributed by atoms with Crippen molar-refractivity contribution in [2.24, 2.45) is 0 Å². The third-order valence-corrected chi connectivity index (χ3v) is 14.1. The van der Waals surface area contributed by atoms with Gasteiger partial charge in [0.25, 0.3) is 8.32 Å². The van der Waals surface area contributed by atoms with Crippen LogP contribution in [0.1, 0.15) is 20.8 Å². The van der Waals surface area contributed by atoms with Gasteiger partial charge in [-0.1, -0.05) is 81.4 Å². The molecule has 0 aliphatic heterocycles.